The fraction of sp³-hybridized carbons (Fsp3) is 0.308. The van der Waals surface area contributed by atoms with E-state index in [1.54, 1.807) is 36.4 Å². The smallest absolute Gasteiger partial charge is 0.367 e. The Labute approximate surface area is 235 Å². The largest absolute Gasteiger partial charge is 0.388 e. The van der Waals surface area contributed by atoms with Crippen LogP contribution in [-0.4, -0.2) is 46.1 Å². The van der Waals surface area contributed by atoms with Crippen molar-refractivity contribution < 1.29 is 13.9 Å². The summed E-state index contributed by atoms with van der Waals surface area (Å²) in [6.07, 6.45) is 2.38. The number of alkyl halides is 2. The minimum Gasteiger partial charge on any atom is -0.388 e. The minimum atomic E-state index is -3.70. The number of halogens is 4. The van der Waals surface area contributed by atoms with Crippen molar-refractivity contribution in [2.24, 2.45) is 5.41 Å². The highest BCUT2D eigenvalue weighted by molar-refractivity contribution is 6.36. The lowest BCUT2D eigenvalue weighted by atomic mass is 9.69. The number of nitrogens with one attached hydrogen (secondary N) is 2. The van der Waals surface area contributed by atoms with Gasteiger partial charge >= 0.3 is 6.05 Å². The molecule has 4 aromatic rings. The lowest BCUT2D eigenvalue weighted by Crippen LogP contribution is -2.38. The number of nitriles is 1. The lowest BCUT2D eigenvalue weighted by Gasteiger charge is -2.32. The van der Waals surface area contributed by atoms with Gasteiger partial charge in [0.1, 0.15) is 26.2 Å². The van der Waals surface area contributed by atoms with Gasteiger partial charge < -0.3 is 15.7 Å². The number of hydrogen-bond donors (Lipinski definition) is 3. The van der Waals surface area contributed by atoms with Crippen LogP contribution in [0.1, 0.15) is 37.6 Å². The van der Waals surface area contributed by atoms with Crippen molar-refractivity contribution in [1.82, 2.24) is 20.0 Å². The molecule has 0 aliphatic carbocycles. The number of anilines is 2. The Hall–Kier alpha value is -3.46. The number of aromatic nitrogens is 4. The molecule has 200 valence electrons. The monoisotopic (exact) mass is 569 g/mol. The molecular weight excluding hydrogens is 546 g/mol. The number of rotatable bonds is 8. The van der Waals surface area contributed by atoms with Gasteiger partial charge in [0.05, 0.1) is 33.4 Å². The maximum absolute atomic E-state index is 14.2. The molecule has 3 N–H and O–H groups in total. The van der Waals surface area contributed by atoms with E-state index in [1.807, 2.05) is 0 Å². The van der Waals surface area contributed by atoms with Crippen molar-refractivity contribution in [2.75, 3.05) is 23.8 Å². The molecule has 0 fully saturated rings. The van der Waals surface area contributed by atoms with Gasteiger partial charge in [0.2, 0.25) is 0 Å². The van der Waals surface area contributed by atoms with E-state index in [1.165, 1.54) is 6.20 Å². The van der Waals surface area contributed by atoms with Crippen LogP contribution in [0.15, 0.2) is 48.8 Å². The first kappa shape index (κ1) is 28.6. The van der Waals surface area contributed by atoms with Crippen LogP contribution in [0.4, 0.5) is 20.2 Å². The summed E-state index contributed by atoms with van der Waals surface area (Å²) >= 11 is 13.1. The van der Waals surface area contributed by atoms with Gasteiger partial charge in [-0.15, -0.1) is 5.10 Å². The summed E-state index contributed by atoms with van der Waals surface area (Å²) in [6, 6.07) is 8.31. The summed E-state index contributed by atoms with van der Waals surface area (Å²) < 4.78 is 28.6. The van der Waals surface area contributed by atoms with E-state index in [9.17, 15) is 14.0 Å². The Bertz CT molecular complexity index is 1570. The highest BCUT2D eigenvalue weighted by Gasteiger charge is 2.38. The first-order valence-electron chi connectivity index (χ1n) is 11.8. The molecule has 4 rings (SSSR count). The minimum absolute atomic E-state index is 0.0963. The molecule has 2 radical (unpaired) electrons. The number of nitrogens with zero attached hydrogens (tertiary/aromatic N) is 5. The number of fused-ring (bicyclic) bond motifs is 1. The first-order valence-corrected chi connectivity index (χ1v) is 12.5. The number of hydrogen-bond acceptors (Lipinski definition) is 7. The molecule has 13 heteroatoms. The van der Waals surface area contributed by atoms with Crippen LogP contribution in [0.2, 0.25) is 10.0 Å². The summed E-state index contributed by atoms with van der Waals surface area (Å²) in [5.74, 6) is 0. The van der Waals surface area contributed by atoms with Crippen LogP contribution in [0, 0.1) is 16.7 Å². The Balaban J connectivity index is 1.89. The molecule has 2 aromatic carbocycles. The first-order chi connectivity index (χ1) is 18.3. The van der Waals surface area contributed by atoms with Crippen molar-refractivity contribution in [2.45, 2.75) is 32.3 Å². The third-order valence-corrected chi connectivity index (χ3v) is 6.52. The number of aliphatic hydroxyl groups is 1. The third kappa shape index (κ3) is 5.78. The van der Waals surface area contributed by atoms with Gasteiger partial charge in [-0.2, -0.15) is 18.7 Å². The third-order valence-electron chi connectivity index (χ3n) is 5.90. The SMILES string of the molecule is [B]C(Nc1cc(Cl)c2ncc(C#N)c(NCC(C)(C)C)c2c1)(c1cn(C(F)(F)CO)nn1)c1ccccc1Cl. The van der Waals surface area contributed by atoms with Gasteiger partial charge in [0, 0.05) is 28.8 Å². The lowest BCUT2D eigenvalue weighted by molar-refractivity contribution is -0.131. The van der Waals surface area contributed by atoms with Gasteiger partial charge in [0.15, 0.2) is 0 Å². The van der Waals surface area contributed by atoms with Crippen molar-refractivity contribution >= 4 is 53.3 Å². The molecule has 1 unspecified atom stereocenters. The quantitative estimate of drug-likeness (QED) is 0.241. The maximum Gasteiger partial charge on any atom is 0.367 e. The topological polar surface area (TPSA) is 112 Å². The molecule has 0 saturated carbocycles. The van der Waals surface area contributed by atoms with Crippen LogP contribution in [-0.2, 0) is 11.5 Å². The molecule has 0 saturated heterocycles. The molecule has 0 bridgehead atoms. The van der Waals surface area contributed by atoms with Crippen molar-refractivity contribution in [3.63, 3.8) is 0 Å². The maximum atomic E-state index is 14.2. The van der Waals surface area contributed by atoms with Gasteiger partial charge in [0.25, 0.3) is 0 Å². The second-order valence-electron chi connectivity index (χ2n) is 10.2. The van der Waals surface area contributed by atoms with Crippen LogP contribution >= 0.6 is 23.2 Å². The average molecular weight is 570 g/mol. The molecular formula is C26H24BCl2F2N7O. The van der Waals surface area contributed by atoms with Gasteiger partial charge in [-0.05, 0) is 29.2 Å². The Morgan fingerprint density at radius 2 is 1.87 bits per heavy atom. The van der Waals surface area contributed by atoms with Crippen LogP contribution in [0.5, 0.6) is 0 Å². The van der Waals surface area contributed by atoms with E-state index in [-0.39, 0.29) is 25.8 Å². The zero-order valence-corrected chi connectivity index (χ0v) is 22.8. The zero-order valence-electron chi connectivity index (χ0n) is 21.3. The Kier molecular flexibility index (Phi) is 7.76. The molecule has 0 amide bonds. The standard InChI is InChI=1S/C26H24BCl2F2N7O/c1-24(2,3)13-34-22-15(10-32)11-33-23-17(22)8-16(9-20(23)29)35-26(27,18-6-4-5-7-19(18)28)21-12-38(37-36-21)25(30,31)14-39/h4-9,11-12,35,39H,13-14H2,1-3H3,(H,33,34). The zero-order chi connectivity index (χ0) is 28.6. The summed E-state index contributed by atoms with van der Waals surface area (Å²) in [5, 5.41) is 33.7. The van der Waals surface area contributed by atoms with E-state index < -0.39 is 18.1 Å². The number of pyridine rings is 1. The van der Waals surface area contributed by atoms with Crippen molar-refractivity contribution in [1.29, 1.82) is 5.26 Å². The van der Waals surface area contributed by atoms with Crippen LogP contribution in [0.3, 0.4) is 0 Å². The fourth-order valence-corrected chi connectivity index (χ4v) is 4.47. The number of aliphatic hydroxyl groups excluding tert-OH is 1. The fourth-order valence-electron chi connectivity index (χ4n) is 3.92. The Morgan fingerprint density at radius 1 is 1.15 bits per heavy atom. The second kappa shape index (κ2) is 10.6. The summed E-state index contributed by atoms with van der Waals surface area (Å²) in [7, 11) is 6.83. The molecule has 0 aliphatic heterocycles. The highest BCUT2D eigenvalue weighted by Crippen LogP contribution is 2.39. The van der Waals surface area contributed by atoms with Gasteiger partial charge in [-0.25, -0.2) is 0 Å². The van der Waals surface area contributed by atoms with Crippen molar-refractivity contribution in [3.05, 3.63) is 75.7 Å². The molecule has 2 aromatic heterocycles. The highest BCUT2D eigenvalue weighted by atomic mass is 35.5. The molecule has 2 heterocycles. The van der Waals surface area contributed by atoms with E-state index in [0.29, 0.717) is 39.9 Å². The summed E-state index contributed by atoms with van der Waals surface area (Å²) in [5.41, 5.74) is 0.0307. The molecule has 8 nitrogen and oxygen atoms in total. The molecule has 0 aliphatic rings. The predicted octanol–water partition coefficient (Wildman–Crippen LogP) is 5.49. The van der Waals surface area contributed by atoms with Crippen LogP contribution < -0.4 is 10.6 Å². The van der Waals surface area contributed by atoms with E-state index in [4.69, 9.17) is 36.2 Å². The van der Waals surface area contributed by atoms with Crippen LogP contribution in [0.25, 0.3) is 10.9 Å². The second-order valence-corrected chi connectivity index (χ2v) is 11.0. The predicted molar refractivity (Wildman–Crippen MR) is 148 cm³/mol. The Morgan fingerprint density at radius 3 is 2.51 bits per heavy atom. The van der Waals surface area contributed by atoms with E-state index >= 15 is 0 Å². The van der Waals surface area contributed by atoms with Gasteiger partial charge in [-0.1, -0.05) is 67.4 Å². The average Bonchev–Trinajstić information content (AvgIpc) is 3.39. The van der Waals surface area contributed by atoms with Gasteiger partial charge in [-0.3, -0.25) is 4.98 Å². The van der Waals surface area contributed by atoms with Crippen molar-refractivity contribution in [3.8, 4) is 6.07 Å². The number of benzene rings is 2. The molecule has 0 spiro atoms. The molecule has 1 atom stereocenters. The van der Waals surface area contributed by atoms with E-state index in [2.05, 4.69) is 52.8 Å². The summed E-state index contributed by atoms with van der Waals surface area (Å²) in [6.45, 7) is 5.23. The normalized spacial score (nSPS) is 13.6. The molecule has 39 heavy (non-hydrogen) atoms. The summed E-state index contributed by atoms with van der Waals surface area (Å²) in [4.78, 5) is 4.36. The van der Waals surface area contributed by atoms with E-state index in [0.717, 1.165) is 6.20 Å².